The topological polar surface area (TPSA) is 140 Å². The number of nitrogens with two attached hydrogens (primary N) is 1. The number of amides is 2. The number of carbonyl (C=O) groups is 2. The molecular weight excluding hydrogens is 597 g/mol. The van der Waals surface area contributed by atoms with E-state index >= 15 is 0 Å². The normalized spacial score (nSPS) is 12.4. The minimum atomic E-state index is -4.78. The van der Waals surface area contributed by atoms with Crippen molar-refractivity contribution >= 4 is 58.2 Å². The molecule has 14 heteroatoms. The van der Waals surface area contributed by atoms with Crippen LogP contribution < -0.4 is 21.1 Å². The number of alkyl halides is 3. The summed E-state index contributed by atoms with van der Waals surface area (Å²) in [5.74, 6) is -0.927. The number of nitrogens with one attached hydrogen (secondary N) is 2. The molecule has 3 aromatic rings. The van der Waals surface area contributed by atoms with Gasteiger partial charge in [0.2, 0.25) is 0 Å². The van der Waals surface area contributed by atoms with Crippen LogP contribution in [0.15, 0.2) is 81.7 Å². The van der Waals surface area contributed by atoms with Crippen LogP contribution in [0.4, 0.5) is 35.0 Å². The van der Waals surface area contributed by atoms with Gasteiger partial charge in [-0.2, -0.15) is 0 Å². The Kier molecular flexibility index (Phi) is 11.9. The van der Waals surface area contributed by atoms with Crippen LogP contribution in [0.25, 0.3) is 0 Å². The maximum atomic E-state index is 12.8. The summed E-state index contributed by atoms with van der Waals surface area (Å²) in [4.78, 5) is 37.4. The lowest BCUT2D eigenvalue weighted by Gasteiger charge is -2.13. The summed E-state index contributed by atoms with van der Waals surface area (Å²) < 4.78 is 45.9. The fourth-order valence-electron chi connectivity index (χ4n) is 3.44. The van der Waals surface area contributed by atoms with Crippen molar-refractivity contribution in [1.29, 1.82) is 0 Å². The zero-order valence-corrected chi connectivity index (χ0v) is 25.1. The lowest BCUT2D eigenvalue weighted by molar-refractivity contribution is -0.274. The highest BCUT2D eigenvalue weighted by Gasteiger charge is 2.30. The number of nitrogens with zero attached hydrogens (tertiary/aromatic N) is 3. The highest BCUT2D eigenvalue weighted by Crippen LogP contribution is 2.26. The van der Waals surface area contributed by atoms with Crippen molar-refractivity contribution in [3.05, 3.63) is 83.4 Å². The number of halogens is 3. The first kappa shape index (κ1) is 33.6. The number of amidine groups is 2. The van der Waals surface area contributed by atoms with E-state index in [4.69, 9.17) is 10.5 Å². The minimum absolute atomic E-state index is 0.0323. The molecule has 0 heterocycles. The number of hydrogen-bond acceptors (Lipinski definition) is 7. The predicted molar refractivity (Wildman–Crippen MR) is 167 cm³/mol. The van der Waals surface area contributed by atoms with Gasteiger partial charge in [0.25, 0.3) is 0 Å². The molecule has 10 nitrogen and oxygen atoms in total. The highest BCUT2D eigenvalue weighted by atomic mass is 32.2. The van der Waals surface area contributed by atoms with E-state index in [1.54, 1.807) is 38.1 Å². The Morgan fingerprint density at radius 2 is 1.64 bits per heavy atom. The van der Waals surface area contributed by atoms with Crippen LogP contribution in [0.5, 0.6) is 5.75 Å². The number of thioether (sulfide) groups is 1. The molecule has 44 heavy (non-hydrogen) atoms. The van der Waals surface area contributed by atoms with Crippen LogP contribution >= 0.6 is 11.8 Å². The Hall–Kier alpha value is -4.85. The molecule has 3 aromatic carbocycles. The largest absolute Gasteiger partial charge is 0.573 e. The molecule has 0 unspecified atom stereocenters. The molecular formula is C30H31F3N6O4S. The van der Waals surface area contributed by atoms with Gasteiger partial charge in [0.15, 0.2) is 5.17 Å². The number of rotatable bonds is 9. The van der Waals surface area contributed by atoms with E-state index in [2.05, 4.69) is 30.3 Å². The number of benzene rings is 3. The molecule has 0 bridgehead atoms. The fraction of sp³-hybridized carbons (Fsp3) is 0.233. The van der Waals surface area contributed by atoms with Gasteiger partial charge in [0.1, 0.15) is 23.9 Å². The number of urea groups is 1. The first-order valence-electron chi connectivity index (χ1n) is 13.1. The number of ether oxygens (including phenoxy) is 2. The third-order valence-electron chi connectivity index (χ3n) is 5.65. The summed E-state index contributed by atoms with van der Waals surface area (Å²) in [6, 6.07) is 16.6. The molecule has 0 saturated heterocycles. The Balaban J connectivity index is 1.63. The summed E-state index contributed by atoms with van der Waals surface area (Å²) in [5.41, 5.74) is 9.88. The zero-order valence-electron chi connectivity index (χ0n) is 24.3. The second-order valence-electron chi connectivity index (χ2n) is 9.49. The lowest BCUT2D eigenvalue weighted by atomic mass is 10.1. The molecule has 0 radical (unpaired) electrons. The number of para-hydroxylation sites is 1. The lowest BCUT2D eigenvalue weighted by Crippen LogP contribution is -2.33. The van der Waals surface area contributed by atoms with Crippen LogP contribution in [-0.2, 0) is 9.53 Å². The highest BCUT2D eigenvalue weighted by molar-refractivity contribution is 8.13. The van der Waals surface area contributed by atoms with E-state index in [1.165, 1.54) is 18.5 Å². The van der Waals surface area contributed by atoms with Gasteiger partial charge in [-0.1, -0.05) is 32.0 Å². The molecule has 0 aromatic heterocycles. The summed E-state index contributed by atoms with van der Waals surface area (Å²) in [6.07, 6.45) is -3.61. The summed E-state index contributed by atoms with van der Waals surface area (Å²) >= 11 is 1.07. The third-order valence-corrected chi connectivity index (χ3v) is 6.36. The maximum absolute atomic E-state index is 12.8. The molecule has 0 aliphatic heterocycles. The SMILES string of the molecule is Cc1cccc(C)c1N=C(NC(=O)Nc1ccc(C(N)=NC=Nc2ccc(OC(F)(F)F)cc2)cc1)SCOC(=O)C(C)C. The summed E-state index contributed by atoms with van der Waals surface area (Å²) in [7, 11) is 0. The molecule has 232 valence electrons. The van der Waals surface area contributed by atoms with Crippen LogP contribution in [0.3, 0.4) is 0 Å². The molecule has 0 aliphatic carbocycles. The number of hydrogen-bond donors (Lipinski definition) is 3. The molecule has 0 aliphatic rings. The maximum Gasteiger partial charge on any atom is 0.573 e. The van der Waals surface area contributed by atoms with Gasteiger partial charge in [-0.05, 0) is 85.3 Å². The van der Waals surface area contributed by atoms with Crippen LogP contribution in [-0.4, -0.2) is 41.6 Å². The Labute approximate surface area is 256 Å². The van der Waals surface area contributed by atoms with Gasteiger partial charge >= 0.3 is 18.4 Å². The number of aryl methyl sites for hydroxylation is 2. The van der Waals surface area contributed by atoms with Crippen molar-refractivity contribution in [1.82, 2.24) is 5.32 Å². The second-order valence-corrected chi connectivity index (χ2v) is 10.4. The van der Waals surface area contributed by atoms with Gasteiger partial charge in [-0.3, -0.25) is 10.1 Å². The predicted octanol–water partition coefficient (Wildman–Crippen LogP) is 6.97. The first-order valence-corrected chi connectivity index (χ1v) is 14.1. The van der Waals surface area contributed by atoms with Gasteiger partial charge in [-0.25, -0.2) is 19.8 Å². The molecule has 0 saturated carbocycles. The minimum Gasteiger partial charge on any atom is -0.454 e. The summed E-state index contributed by atoms with van der Waals surface area (Å²) in [5, 5.41) is 5.67. The van der Waals surface area contributed by atoms with Gasteiger partial charge < -0.3 is 20.5 Å². The molecule has 0 fully saturated rings. The zero-order chi connectivity index (χ0) is 32.3. The fourth-order valence-corrected chi connectivity index (χ4v) is 4.05. The third kappa shape index (κ3) is 11.1. The number of aliphatic imine (C=N–C) groups is 3. The smallest absolute Gasteiger partial charge is 0.454 e. The van der Waals surface area contributed by atoms with Gasteiger partial charge in [0, 0.05) is 11.3 Å². The van der Waals surface area contributed by atoms with Crippen molar-refractivity contribution in [2.75, 3.05) is 11.3 Å². The number of carbonyl (C=O) groups excluding carboxylic acids is 2. The molecule has 4 N–H and O–H groups in total. The van der Waals surface area contributed by atoms with E-state index < -0.39 is 12.4 Å². The van der Waals surface area contributed by atoms with E-state index in [0.717, 1.165) is 35.0 Å². The molecule has 0 atom stereocenters. The van der Waals surface area contributed by atoms with Crippen LogP contribution in [0.2, 0.25) is 0 Å². The van der Waals surface area contributed by atoms with Crippen molar-refractivity contribution in [2.24, 2.45) is 26.6 Å². The van der Waals surface area contributed by atoms with Crippen LogP contribution in [0.1, 0.15) is 30.5 Å². The Bertz CT molecular complexity index is 1520. The molecule has 3 rings (SSSR count). The number of anilines is 1. The number of esters is 1. The second kappa shape index (κ2) is 15.6. The van der Waals surface area contributed by atoms with Crippen molar-refractivity contribution in [2.45, 2.75) is 34.1 Å². The Morgan fingerprint density at radius 1 is 1.00 bits per heavy atom. The van der Waals surface area contributed by atoms with Crippen molar-refractivity contribution in [3.8, 4) is 5.75 Å². The molecule has 2 amide bonds. The quantitative estimate of drug-likeness (QED) is 0.101. The average Bonchev–Trinajstić information content (AvgIpc) is 2.95. The van der Waals surface area contributed by atoms with E-state index in [0.29, 0.717) is 22.6 Å². The Morgan fingerprint density at radius 3 is 2.23 bits per heavy atom. The first-order chi connectivity index (χ1) is 20.8. The monoisotopic (exact) mass is 628 g/mol. The average molecular weight is 629 g/mol. The standard InChI is InChI=1S/C30H31F3N6O4S/c1-18(2)27(40)42-17-44-29(38-25-19(3)6-5-7-20(25)4)39-28(41)37-23-10-8-21(9-11-23)26(34)36-16-35-22-12-14-24(15-13-22)43-30(31,32)33/h5-16,18H,17H2,1-4H3,(H2,34,35,36)(H2,37,38,39,41). The molecule has 0 spiro atoms. The van der Waals surface area contributed by atoms with E-state index in [1.807, 2.05) is 32.0 Å². The van der Waals surface area contributed by atoms with E-state index in [-0.39, 0.29) is 34.6 Å². The van der Waals surface area contributed by atoms with E-state index in [9.17, 15) is 22.8 Å². The van der Waals surface area contributed by atoms with Crippen LogP contribution in [0, 0.1) is 19.8 Å². The van der Waals surface area contributed by atoms with Gasteiger partial charge in [0.05, 0.1) is 17.3 Å². The summed E-state index contributed by atoms with van der Waals surface area (Å²) in [6.45, 7) is 7.27. The van der Waals surface area contributed by atoms with Crippen molar-refractivity contribution < 1.29 is 32.2 Å². The van der Waals surface area contributed by atoms with Crippen molar-refractivity contribution in [3.63, 3.8) is 0 Å². The van der Waals surface area contributed by atoms with Gasteiger partial charge in [-0.15, -0.1) is 13.2 Å².